The van der Waals surface area contributed by atoms with Gasteiger partial charge in [0.25, 0.3) is 0 Å². The van der Waals surface area contributed by atoms with Gasteiger partial charge in [-0.25, -0.2) is 0 Å². The zero-order valence-electron chi connectivity index (χ0n) is 14.3. The summed E-state index contributed by atoms with van der Waals surface area (Å²) in [5.74, 6) is 1.25. The van der Waals surface area contributed by atoms with Crippen LogP contribution in [0.1, 0.15) is 43.2 Å². The fourth-order valence-corrected chi connectivity index (χ4v) is 3.70. The van der Waals surface area contributed by atoms with E-state index in [2.05, 4.69) is 26.0 Å². The van der Waals surface area contributed by atoms with Gasteiger partial charge in [0, 0.05) is 32.0 Å². The first-order chi connectivity index (χ1) is 11.0. The second kappa shape index (κ2) is 6.91. The fraction of sp³-hybridized carbons (Fsp3) is 0.632. The van der Waals surface area contributed by atoms with E-state index in [9.17, 15) is 4.79 Å². The second-order valence-corrected chi connectivity index (χ2v) is 7.09. The maximum Gasteiger partial charge on any atom is 0.227 e. The van der Waals surface area contributed by atoms with Gasteiger partial charge in [0.05, 0.1) is 5.92 Å². The molecule has 3 rings (SSSR count). The van der Waals surface area contributed by atoms with Crippen molar-refractivity contribution in [2.75, 3.05) is 13.1 Å². The number of piperidine rings is 1. The van der Waals surface area contributed by atoms with Gasteiger partial charge in [0.2, 0.25) is 5.91 Å². The Labute approximate surface area is 139 Å². The lowest BCUT2D eigenvalue weighted by molar-refractivity contribution is -0.137. The maximum absolute atomic E-state index is 12.6. The highest BCUT2D eigenvalue weighted by atomic mass is 16.5. The summed E-state index contributed by atoms with van der Waals surface area (Å²) in [4.78, 5) is 14.6. The van der Waals surface area contributed by atoms with Crippen LogP contribution in [0.15, 0.2) is 18.2 Å². The molecule has 0 radical (unpaired) electrons. The molecule has 2 N–H and O–H groups in total. The Bertz CT molecular complexity index is 564. The third-order valence-corrected chi connectivity index (χ3v) is 5.42. The molecule has 0 spiro atoms. The first kappa shape index (κ1) is 16.3. The molecule has 23 heavy (non-hydrogen) atoms. The summed E-state index contributed by atoms with van der Waals surface area (Å²) in [6, 6.07) is 6.30. The zero-order chi connectivity index (χ0) is 16.4. The van der Waals surface area contributed by atoms with Gasteiger partial charge in [-0.15, -0.1) is 0 Å². The van der Waals surface area contributed by atoms with Gasteiger partial charge in [-0.2, -0.15) is 0 Å². The number of ether oxygens (including phenoxy) is 1. The lowest BCUT2D eigenvalue weighted by Gasteiger charge is -2.34. The molecule has 2 aliphatic rings. The molecule has 1 aliphatic carbocycles. The molecule has 0 aromatic heterocycles. The van der Waals surface area contributed by atoms with Crippen molar-refractivity contribution in [1.29, 1.82) is 0 Å². The quantitative estimate of drug-likeness (QED) is 0.933. The number of amides is 1. The minimum atomic E-state index is 0.0483. The first-order valence-electron chi connectivity index (χ1n) is 8.83. The molecule has 1 aromatic carbocycles. The highest BCUT2D eigenvalue weighted by Gasteiger charge is 2.35. The van der Waals surface area contributed by atoms with Crippen LogP contribution in [0, 0.1) is 19.8 Å². The third-order valence-electron chi connectivity index (χ3n) is 5.42. The Balaban J connectivity index is 1.52. The number of carbonyl (C=O) groups is 1. The van der Waals surface area contributed by atoms with Crippen LogP contribution in [-0.2, 0) is 4.79 Å². The van der Waals surface area contributed by atoms with E-state index in [0.29, 0.717) is 0 Å². The average molecular weight is 316 g/mol. The van der Waals surface area contributed by atoms with E-state index in [1.54, 1.807) is 0 Å². The van der Waals surface area contributed by atoms with E-state index in [1.165, 1.54) is 11.1 Å². The third kappa shape index (κ3) is 3.69. The molecule has 0 unspecified atom stereocenters. The van der Waals surface area contributed by atoms with Gasteiger partial charge >= 0.3 is 0 Å². The SMILES string of the molecule is Cc1ccc(OC2CCN(C(=O)[C@@H]3CCC[C@H]3N)CC2)cc1C. The van der Waals surface area contributed by atoms with Crippen LogP contribution in [0.2, 0.25) is 0 Å². The highest BCUT2D eigenvalue weighted by molar-refractivity contribution is 5.80. The van der Waals surface area contributed by atoms with E-state index in [1.807, 2.05) is 11.0 Å². The van der Waals surface area contributed by atoms with E-state index < -0.39 is 0 Å². The summed E-state index contributed by atoms with van der Waals surface area (Å²) < 4.78 is 6.10. The Morgan fingerprint density at radius 1 is 1.13 bits per heavy atom. The Morgan fingerprint density at radius 3 is 2.48 bits per heavy atom. The van der Waals surface area contributed by atoms with Crippen molar-refractivity contribution in [2.24, 2.45) is 11.7 Å². The van der Waals surface area contributed by atoms with Crippen LogP contribution in [0.3, 0.4) is 0 Å². The topological polar surface area (TPSA) is 55.6 Å². The molecular weight excluding hydrogens is 288 g/mol. The van der Waals surface area contributed by atoms with Crippen LogP contribution in [0.4, 0.5) is 0 Å². The van der Waals surface area contributed by atoms with Crippen molar-refractivity contribution in [2.45, 2.75) is 58.1 Å². The predicted octanol–water partition coefficient (Wildman–Crippen LogP) is 2.80. The highest BCUT2D eigenvalue weighted by Crippen LogP contribution is 2.28. The first-order valence-corrected chi connectivity index (χ1v) is 8.83. The maximum atomic E-state index is 12.6. The molecule has 0 bridgehead atoms. The standard InChI is InChI=1S/C19H28N2O2/c1-13-6-7-16(12-14(13)2)23-15-8-10-21(11-9-15)19(22)17-4-3-5-18(17)20/h6-7,12,15,17-18H,3-5,8-11,20H2,1-2H3/t17-,18-/m1/s1. The molecule has 2 fully saturated rings. The number of likely N-dealkylation sites (tertiary alicyclic amines) is 1. The molecule has 4 nitrogen and oxygen atoms in total. The van der Waals surface area contributed by atoms with Gasteiger partial charge in [-0.05, 0) is 49.9 Å². The number of benzene rings is 1. The van der Waals surface area contributed by atoms with Crippen molar-refractivity contribution in [3.63, 3.8) is 0 Å². The Kier molecular flexibility index (Phi) is 4.90. The van der Waals surface area contributed by atoms with E-state index in [4.69, 9.17) is 10.5 Å². The summed E-state index contributed by atoms with van der Waals surface area (Å²) in [5, 5.41) is 0. The molecular formula is C19H28N2O2. The monoisotopic (exact) mass is 316 g/mol. The molecule has 1 aliphatic heterocycles. The van der Waals surface area contributed by atoms with Crippen LogP contribution >= 0.6 is 0 Å². The number of hydrogen-bond donors (Lipinski definition) is 1. The van der Waals surface area contributed by atoms with E-state index in [-0.39, 0.29) is 24.0 Å². The fourth-order valence-electron chi connectivity index (χ4n) is 3.70. The van der Waals surface area contributed by atoms with Gasteiger partial charge < -0.3 is 15.4 Å². The number of nitrogens with zero attached hydrogens (tertiary/aromatic N) is 1. The summed E-state index contributed by atoms with van der Waals surface area (Å²) in [6.07, 6.45) is 5.05. The van der Waals surface area contributed by atoms with Gasteiger partial charge in [0.15, 0.2) is 0 Å². The van der Waals surface area contributed by atoms with Crippen LogP contribution < -0.4 is 10.5 Å². The summed E-state index contributed by atoms with van der Waals surface area (Å²) >= 11 is 0. The van der Waals surface area contributed by atoms with Crippen molar-refractivity contribution < 1.29 is 9.53 Å². The average Bonchev–Trinajstić information content (AvgIpc) is 2.97. The Hall–Kier alpha value is -1.55. The number of carbonyl (C=O) groups excluding carboxylic acids is 1. The number of nitrogens with two attached hydrogens (primary N) is 1. The van der Waals surface area contributed by atoms with Gasteiger partial charge in [0.1, 0.15) is 11.9 Å². The van der Waals surface area contributed by atoms with Gasteiger partial charge in [-0.3, -0.25) is 4.79 Å². The second-order valence-electron chi connectivity index (χ2n) is 7.09. The minimum absolute atomic E-state index is 0.0483. The van der Waals surface area contributed by atoms with Crippen LogP contribution in [0.25, 0.3) is 0 Å². The smallest absolute Gasteiger partial charge is 0.227 e. The largest absolute Gasteiger partial charge is 0.490 e. The molecule has 2 atom stereocenters. The number of aryl methyl sites for hydroxylation is 2. The normalized spacial score (nSPS) is 25.6. The number of hydrogen-bond acceptors (Lipinski definition) is 3. The lowest BCUT2D eigenvalue weighted by Crippen LogP contribution is -2.47. The summed E-state index contributed by atoms with van der Waals surface area (Å²) in [5.41, 5.74) is 8.61. The molecule has 126 valence electrons. The Morgan fingerprint density at radius 2 is 1.87 bits per heavy atom. The van der Waals surface area contributed by atoms with Crippen LogP contribution in [-0.4, -0.2) is 36.0 Å². The van der Waals surface area contributed by atoms with Crippen molar-refractivity contribution in [1.82, 2.24) is 4.90 Å². The van der Waals surface area contributed by atoms with E-state index >= 15 is 0 Å². The minimum Gasteiger partial charge on any atom is -0.490 e. The molecule has 4 heteroatoms. The summed E-state index contributed by atoms with van der Waals surface area (Å²) in [6.45, 7) is 5.79. The molecule has 1 saturated carbocycles. The van der Waals surface area contributed by atoms with E-state index in [0.717, 1.165) is 50.9 Å². The lowest BCUT2D eigenvalue weighted by atomic mass is 10.00. The van der Waals surface area contributed by atoms with Crippen molar-refractivity contribution in [3.05, 3.63) is 29.3 Å². The molecule has 1 heterocycles. The van der Waals surface area contributed by atoms with Crippen molar-refractivity contribution in [3.8, 4) is 5.75 Å². The molecule has 1 saturated heterocycles. The number of rotatable bonds is 3. The predicted molar refractivity (Wildman–Crippen MR) is 91.5 cm³/mol. The zero-order valence-corrected chi connectivity index (χ0v) is 14.3. The molecule has 1 aromatic rings. The molecule has 1 amide bonds. The van der Waals surface area contributed by atoms with Crippen molar-refractivity contribution >= 4 is 5.91 Å². The summed E-state index contributed by atoms with van der Waals surface area (Å²) in [7, 11) is 0. The van der Waals surface area contributed by atoms with Gasteiger partial charge in [-0.1, -0.05) is 12.5 Å². The van der Waals surface area contributed by atoms with Crippen LogP contribution in [0.5, 0.6) is 5.75 Å².